The fourth-order valence-corrected chi connectivity index (χ4v) is 6.05. The zero-order chi connectivity index (χ0) is 25.7. The molecule has 0 radical (unpaired) electrons. The lowest BCUT2D eigenvalue weighted by molar-refractivity contribution is 0.662. The lowest BCUT2D eigenvalue weighted by atomic mass is 9.81. The predicted molar refractivity (Wildman–Crippen MR) is 164 cm³/mol. The number of anilines is 3. The van der Waals surface area contributed by atoms with Gasteiger partial charge in [-0.05, 0) is 86.3 Å². The topological polar surface area (TPSA) is 3.24 Å². The highest BCUT2D eigenvalue weighted by Crippen LogP contribution is 2.49. The molecule has 7 rings (SSSR count). The smallest absolute Gasteiger partial charge is 0.0462 e. The van der Waals surface area contributed by atoms with E-state index in [0.717, 1.165) is 17.1 Å². The molecule has 0 unspecified atom stereocenters. The minimum atomic E-state index is 0.00524. The van der Waals surface area contributed by atoms with Crippen LogP contribution in [0.2, 0.25) is 0 Å². The van der Waals surface area contributed by atoms with E-state index in [9.17, 15) is 0 Å². The van der Waals surface area contributed by atoms with Gasteiger partial charge in [0.15, 0.2) is 0 Å². The zero-order valence-electron chi connectivity index (χ0n) is 21.7. The molecule has 0 amide bonds. The second-order valence-corrected chi connectivity index (χ2v) is 10.7. The number of para-hydroxylation sites is 2. The highest BCUT2D eigenvalue weighted by Gasteiger charge is 2.33. The lowest BCUT2D eigenvalue weighted by Gasteiger charge is -2.25. The lowest BCUT2D eigenvalue weighted by Crippen LogP contribution is -2.15. The molecule has 1 heteroatoms. The quantitative estimate of drug-likeness (QED) is 0.173. The summed E-state index contributed by atoms with van der Waals surface area (Å²) in [4.78, 5) is 2.29. The minimum absolute atomic E-state index is 0.00524. The molecule has 0 atom stereocenters. The van der Waals surface area contributed by atoms with E-state index in [-0.39, 0.29) is 5.41 Å². The molecule has 1 nitrogen and oxygen atoms in total. The van der Waals surface area contributed by atoms with Crippen molar-refractivity contribution in [1.82, 2.24) is 0 Å². The van der Waals surface area contributed by atoms with Gasteiger partial charge in [0, 0.05) is 22.5 Å². The third kappa shape index (κ3) is 3.63. The summed E-state index contributed by atoms with van der Waals surface area (Å²) in [5.74, 6) is 0. The van der Waals surface area contributed by atoms with E-state index in [1.54, 1.807) is 0 Å². The molecule has 6 aromatic rings. The predicted octanol–water partition coefficient (Wildman–Crippen LogP) is 10.3. The first-order valence-corrected chi connectivity index (χ1v) is 13.3. The van der Waals surface area contributed by atoms with Crippen molar-refractivity contribution in [2.75, 3.05) is 4.90 Å². The summed E-state index contributed by atoms with van der Waals surface area (Å²) in [6.07, 6.45) is 4.47. The van der Waals surface area contributed by atoms with Crippen molar-refractivity contribution < 1.29 is 0 Å². The third-order valence-electron chi connectivity index (χ3n) is 7.98. The van der Waals surface area contributed by atoms with Crippen LogP contribution in [0, 0.1) is 0 Å². The first-order valence-electron chi connectivity index (χ1n) is 13.3. The number of benzene rings is 6. The molecule has 0 aliphatic heterocycles. The van der Waals surface area contributed by atoms with Crippen molar-refractivity contribution in [3.63, 3.8) is 0 Å². The highest BCUT2D eigenvalue weighted by atomic mass is 15.1. The Bertz CT molecular complexity index is 1770. The molecule has 1 aliphatic carbocycles. The van der Waals surface area contributed by atoms with Gasteiger partial charge in [-0.2, -0.15) is 0 Å². The maximum atomic E-state index is 2.39. The Morgan fingerprint density at radius 1 is 0.474 bits per heavy atom. The highest BCUT2D eigenvalue weighted by molar-refractivity contribution is 6.15. The summed E-state index contributed by atoms with van der Waals surface area (Å²) in [5, 5.41) is 5.51. The van der Waals surface area contributed by atoms with Crippen LogP contribution in [-0.2, 0) is 5.41 Å². The molecule has 0 saturated carbocycles. The van der Waals surface area contributed by atoms with E-state index in [1.807, 2.05) is 0 Å². The van der Waals surface area contributed by atoms with Crippen LogP contribution in [0.4, 0.5) is 17.1 Å². The van der Waals surface area contributed by atoms with Crippen molar-refractivity contribution in [3.8, 4) is 0 Å². The van der Waals surface area contributed by atoms with E-state index in [1.165, 1.54) is 43.8 Å². The summed E-state index contributed by atoms with van der Waals surface area (Å²) in [6.45, 7) is 4.71. The van der Waals surface area contributed by atoms with Crippen LogP contribution >= 0.6 is 0 Å². The van der Waals surface area contributed by atoms with Gasteiger partial charge >= 0.3 is 0 Å². The molecule has 0 N–H and O–H groups in total. The normalized spacial score (nSPS) is 13.6. The third-order valence-corrected chi connectivity index (χ3v) is 7.98. The summed E-state index contributed by atoms with van der Waals surface area (Å²) >= 11 is 0. The van der Waals surface area contributed by atoms with Gasteiger partial charge in [-0.3, -0.25) is 0 Å². The summed E-state index contributed by atoms with van der Waals surface area (Å²) < 4.78 is 0. The molecule has 1 aliphatic rings. The SMILES string of the molecule is CC1(C)c2cccc3ccc4cc(C=Cc5ccc(N(c6ccccc6)c6ccccc6)cc5)cc1c4c23. The molecule has 6 aromatic carbocycles. The Morgan fingerprint density at radius 2 is 1.05 bits per heavy atom. The molecule has 38 heavy (non-hydrogen) atoms. The van der Waals surface area contributed by atoms with Crippen molar-refractivity contribution in [2.45, 2.75) is 19.3 Å². The van der Waals surface area contributed by atoms with E-state index in [0.29, 0.717) is 0 Å². The van der Waals surface area contributed by atoms with Gasteiger partial charge in [0.2, 0.25) is 0 Å². The van der Waals surface area contributed by atoms with Gasteiger partial charge in [-0.1, -0.05) is 111 Å². The van der Waals surface area contributed by atoms with Crippen LogP contribution < -0.4 is 4.90 Å². The average Bonchev–Trinajstić information content (AvgIpc) is 3.20. The van der Waals surface area contributed by atoms with Crippen LogP contribution in [0.5, 0.6) is 0 Å². The Labute approximate surface area is 224 Å². The van der Waals surface area contributed by atoms with E-state index >= 15 is 0 Å². The van der Waals surface area contributed by atoms with Gasteiger partial charge < -0.3 is 4.90 Å². The molecule has 0 bridgehead atoms. The fraction of sp³-hybridized carbons (Fsp3) is 0.0811. The van der Waals surface area contributed by atoms with Gasteiger partial charge in [0.1, 0.15) is 0 Å². The number of nitrogens with zero attached hydrogens (tertiary/aromatic N) is 1. The second kappa shape index (κ2) is 8.75. The Morgan fingerprint density at radius 3 is 1.74 bits per heavy atom. The second-order valence-electron chi connectivity index (χ2n) is 10.7. The van der Waals surface area contributed by atoms with Crippen LogP contribution in [0.25, 0.3) is 33.7 Å². The first-order chi connectivity index (χ1) is 18.6. The van der Waals surface area contributed by atoms with Gasteiger partial charge in [-0.15, -0.1) is 0 Å². The van der Waals surface area contributed by atoms with E-state index < -0.39 is 0 Å². The standard InChI is InChI=1S/C37H29N/c1-37(2)33-15-9-10-28-20-21-29-24-27(25-34(37)36(29)35(28)33)17-16-26-18-22-32(23-19-26)38(30-11-5-3-6-12-30)31-13-7-4-8-14-31/h3-25H,1-2H3. The summed E-state index contributed by atoms with van der Waals surface area (Å²) in [5.41, 5.74) is 8.73. The maximum Gasteiger partial charge on any atom is 0.0462 e. The van der Waals surface area contributed by atoms with Gasteiger partial charge in [0.05, 0.1) is 0 Å². The molecule has 0 fully saturated rings. The van der Waals surface area contributed by atoms with Crippen molar-refractivity contribution in [3.05, 3.63) is 150 Å². The molecular weight excluding hydrogens is 458 g/mol. The molecule has 182 valence electrons. The maximum absolute atomic E-state index is 2.39. The number of hydrogen-bond acceptors (Lipinski definition) is 1. The molecular formula is C37H29N. The summed E-state index contributed by atoms with van der Waals surface area (Å²) in [6, 6.07) is 45.9. The number of rotatable bonds is 5. The largest absolute Gasteiger partial charge is 0.311 e. The zero-order valence-corrected chi connectivity index (χ0v) is 21.7. The Balaban J connectivity index is 1.23. The molecule has 0 spiro atoms. The molecule has 0 saturated heterocycles. The fourth-order valence-electron chi connectivity index (χ4n) is 6.05. The van der Waals surface area contributed by atoms with E-state index in [4.69, 9.17) is 0 Å². The van der Waals surface area contributed by atoms with Crippen molar-refractivity contribution in [2.24, 2.45) is 0 Å². The Kier molecular flexibility index (Phi) is 5.19. The van der Waals surface area contributed by atoms with Gasteiger partial charge in [0.25, 0.3) is 0 Å². The van der Waals surface area contributed by atoms with Crippen molar-refractivity contribution >= 4 is 50.8 Å². The molecule has 0 aromatic heterocycles. The van der Waals surface area contributed by atoms with Crippen molar-refractivity contribution in [1.29, 1.82) is 0 Å². The van der Waals surface area contributed by atoms with Crippen LogP contribution in [0.1, 0.15) is 36.1 Å². The monoisotopic (exact) mass is 487 g/mol. The summed E-state index contributed by atoms with van der Waals surface area (Å²) in [7, 11) is 0. The molecule has 0 heterocycles. The van der Waals surface area contributed by atoms with Crippen LogP contribution in [-0.4, -0.2) is 0 Å². The number of hydrogen-bond donors (Lipinski definition) is 0. The van der Waals surface area contributed by atoms with Crippen LogP contribution in [0.3, 0.4) is 0 Å². The van der Waals surface area contributed by atoms with Crippen LogP contribution in [0.15, 0.2) is 127 Å². The van der Waals surface area contributed by atoms with E-state index in [2.05, 4.69) is 158 Å². The first kappa shape index (κ1) is 22.6. The van der Waals surface area contributed by atoms with Gasteiger partial charge in [-0.25, -0.2) is 0 Å². The minimum Gasteiger partial charge on any atom is -0.311 e. The average molecular weight is 488 g/mol. The Hall–Kier alpha value is -4.62.